The van der Waals surface area contributed by atoms with Crippen LogP contribution in [0.2, 0.25) is 0 Å². The molecule has 31 heavy (non-hydrogen) atoms. The minimum Gasteiger partial charge on any atom is -0.493 e. The highest BCUT2D eigenvalue weighted by atomic mass is 16.5. The number of rotatable bonds is 14. The number of hydrogen-bond acceptors (Lipinski definition) is 5. The molecule has 0 atom stereocenters. The first-order valence-corrected chi connectivity index (χ1v) is 11.0. The van der Waals surface area contributed by atoms with E-state index < -0.39 is 0 Å². The van der Waals surface area contributed by atoms with Crippen molar-refractivity contribution in [1.82, 2.24) is 5.32 Å². The topological polar surface area (TPSA) is 66.0 Å². The lowest BCUT2D eigenvalue weighted by Gasteiger charge is -2.16. The first-order valence-electron chi connectivity index (χ1n) is 11.0. The Morgan fingerprint density at radius 3 is 2.00 bits per heavy atom. The fraction of sp³-hybridized carbons (Fsp3) is 0.480. The lowest BCUT2D eigenvalue weighted by atomic mass is 10.1. The Morgan fingerprint density at radius 1 is 0.839 bits per heavy atom. The third-order valence-corrected chi connectivity index (χ3v) is 4.87. The van der Waals surface area contributed by atoms with Crippen LogP contribution in [0.3, 0.4) is 0 Å². The summed E-state index contributed by atoms with van der Waals surface area (Å²) in [5.74, 6) is 2.28. The van der Waals surface area contributed by atoms with Gasteiger partial charge in [-0.05, 0) is 49.1 Å². The maximum absolute atomic E-state index is 13.0. The van der Waals surface area contributed by atoms with Gasteiger partial charge in [-0.2, -0.15) is 0 Å². The zero-order chi connectivity index (χ0) is 22.5. The summed E-state index contributed by atoms with van der Waals surface area (Å²) in [6, 6.07) is 11.3. The lowest BCUT2D eigenvalue weighted by Crippen LogP contribution is -2.27. The number of amides is 1. The molecule has 0 aliphatic rings. The Hall–Kier alpha value is -2.89. The van der Waals surface area contributed by atoms with Crippen molar-refractivity contribution in [2.45, 2.75) is 46.0 Å². The molecule has 170 valence electrons. The molecule has 0 unspecified atom stereocenters. The third-order valence-electron chi connectivity index (χ3n) is 4.87. The summed E-state index contributed by atoms with van der Waals surface area (Å²) in [5.41, 5.74) is 1.51. The molecular weight excluding hydrogens is 394 g/mol. The van der Waals surface area contributed by atoms with Crippen LogP contribution in [0.4, 0.5) is 0 Å². The number of carbonyl (C=O) groups excluding carboxylic acids is 1. The maximum Gasteiger partial charge on any atom is 0.258 e. The van der Waals surface area contributed by atoms with E-state index in [-0.39, 0.29) is 5.91 Å². The van der Waals surface area contributed by atoms with E-state index in [1.807, 2.05) is 36.4 Å². The third kappa shape index (κ3) is 7.39. The molecule has 0 radical (unpaired) electrons. The van der Waals surface area contributed by atoms with Crippen molar-refractivity contribution in [1.29, 1.82) is 0 Å². The van der Waals surface area contributed by atoms with Crippen LogP contribution in [0.1, 0.15) is 55.5 Å². The second kappa shape index (κ2) is 13.4. The van der Waals surface area contributed by atoms with Gasteiger partial charge in [0.15, 0.2) is 11.5 Å². The highest BCUT2D eigenvalue weighted by molar-refractivity contribution is 5.99. The van der Waals surface area contributed by atoms with E-state index in [1.165, 1.54) is 0 Å². The molecule has 0 saturated heterocycles. The molecule has 0 fully saturated rings. The van der Waals surface area contributed by atoms with Crippen LogP contribution < -0.4 is 24.3 Å². The van der Waals surface area contributed by atoms with E-state index in [0.29, 0.717) is 54.7 Å². The molecule has 2 rings (SSSR count). The summed E-state index contributed by atoms with van der Waals surface area (Å²) in [6.07, 6.45) is 4.58. The van der Waals surface area contributed by atoms with E-state index in [1.54, 1.807) is 14.2 Å². The Bertz CT molecular complexity index is 793. The number of methoxy groups -OCH3 is 2. The Labute approximate surface area is 185 Å². The predicted octanol–water partition coefficient (Wildman–Crippen LogP) is 5.03. The van der Waals surface area contributed by atoms with Gasteiger partial charge in [-0.15, -0.1) is 0 Å². The molecule has 0 aliphatic carbocycles. The van der Waals surface area contributed by atoms with Crippen molar-refractivity contribution in [3.63, 3.8) is 0 Å². The molecule has 0 saturated carbocycles. The van der Waals surface area contributed by atoms with Crippen molar-refractivity contribution < 1.29 is 23.7 Å². The van der Waals surface area contributed by atoms with Crippen LogP contribution in [0.15, 0.2) is 36.4 Å². The molecule has 6 heteroatoms. The van der Waals surface area contributed by atoms with Gasteiger partial charge in [-0.1, -0.05) is 38.8 Å². The molecule has 0 heterocycles. The highest BCUT2D eigenvalue weighted by Gasteiger charge is 2.19. The normalized spacial score (nSPS) is 10.5. The summed E-state index contributed by atoms with van der Waals surface area (Å²) >= 11 is 0. The lowest BCUT2D eigenvalue weighted by molar-refractivity contribution is 0.0945. The van der Waals surface area contributed by atoms with Crippen LogP contribution in [-0.2, 0) is 6.42 Å². The van der Waals surface area contributed by atoms with Gasteiger partial charge in [0, 0.05) is 6.54 Å². The van der Waals surface area contributed by atoms with E-state index in [4.69, 9.17) is 18.9 Å². The van der Waals surface area contributed by atoms with Gasteiger partial charge in [0.1, 0.15) is 17.1 Å². The molecule has 0 aliphatic heterocycles. The van der Waals surface area contributed by atoms with E-state index in [2.05, 4.69) is 19.2 Å². The smallest absolute Gasteiger partial charge is 0.258 e. The summed E-state index contributed by atoms with van der Waals surface area (Å²) in [5, 5.41) is 3.00. The van der Waals surface area contributed by atoms with Crippen LogP contribution in [-0.4, -0.2) is 39.9 Å². The monoisotopic (exact) mass is 429 g/mol. The zero-order valence-electron chi connectivity index (χ0n) is 19.2. The Kier molecular flexibility index (Phi) is 10.6. The Balaban J connectivity index is 2.09. The van der Waals surface area contributed by atoms with Crippen molar-refractivity contribution in [3.8, 4) is 23.0 Å². The van der Waals surface area contributed by atoms with Crippen LogP contribution >= 0.6 is 0 Å². The van der Waals surface area contributed by atoms with Crippen molar-refractivity contribution in [3.05, 3.63) is 47.5 Å². The maximum atomic E-state index is 13.0. The van der Waals surface area contributed by atoms with Crippen molar-refractivity contribution in [2.75, 3.05) is 34.0 Å². The van der Waals surface area contributed by atoms with Gasteiger partial charge < -0.3 is 24.3 Å². The van der Waals surface area contributed by atoms with Crippen molar-refractivity contribution >= 4 is 5.91 Å². The average molecular weight is 430 g/mol. The van der Waals surface area contributed by atoms with E-state index >= 15 is 0 Å². The number of nitrogens with one attached hydrogen (secondary N) is 1. The second-order valence-electron chi connectivity index (χ2n) is 7.23. The SMILES string of the molecule is CCCCOc1cccc(OCCCC)c1C(=O)NCCc1ccc(OC)c(OC)c1. The zero-order valence-corrected chi connectivity index (χ0v) is 19.2. The number of hydrogen-bond donors (Lipinski definition) is 1. The second-order valence-corrected chi connectivity index (χ2v) is 7.23. The van der Waals surface area contributed by atoms with E-state index in [0.717, 1.165) is 31.2 Å². The van der Waals surface area contributed by atoms with Crippen LogP contribution in [0.25, 0.3) is 0 Å². The summed E-state index contributed by atoms with van der Waals surface area (Å²) in [4.78, 5) is 13.0. The van der Waals surface area contributed by atoms with Gasteiger partial charge in [0.25, 0.3) is 5.91 Å². The predicted molar refractivity (Wildman–Crippen MR) is 123 cm³/mol. The largest absolute Gasteiger partial charge is 0.493 e. The Morgan fingerprint density at radius 2 is 1.45 bits per heavy atom. The summed E-state index contributed by atoms with van der Waals surface area (Å²) in [6.45, 7) is 5.83. The average Bonchev–Trinajstić information content (AvgIpc) is 2.79. The van der Waals surface area contributed by atoms with Crippen molar-refractivity contribution in [2.24, 2.45) is 0 Å². The molecule has 1 amide bonds. The molecule has 0 spiro atoms. The number of benzene rings is 2. The number of ether oxygens (including phenoxy) is 4. The number of carbonyl (C=O) groups is 1. The highest BCUT2D eigenvalue weighted by Crippen LogP contribution is 2.30. The minimum atomic E-state index is -0.195. The van der Waals surface area contributed by atoms with Gasteiger partial charge in [0.2, 0.25) is 0 Å². The van der Waals surface area contributed by atoms with Crippen LogP contribution in [0.5, 0.6) is 23.0 Å². The minimum absolute atomic E-state index is 0.195. The first kappa shape index (κ1) is 24.4. The molecular formula is C25H35NO5. The van der Waals surface area contributed by atoms with Gasteiger partial charge in [-0.3, -0.25) is 4.79 Å². The van der Waals surface area contributed by atoms with E-state index in [9.17, 15) is 4.79 Å². The molecule has 2 aromatic carbocycles. The standard InChI is InChI=1S/C25H35NO5/c1-5-7-16-30-21-10-9-11-22(31-17-8-6-2)24(21)25(27)26-15-14-19-12-13-20(28-3)23(18-19)29-4/h9-13,18H,5-8,14-17H2,1-4H3,(H,26,27). The number of unbranched alkanes of at least 4 members (excludes halogenated alkanes) is 2. The quantitative estimate of drug-likeness (QED) is 0.427. The van der Waals surface area contributed by atoms with Crippen LogP contribution in [0, 0.1) is 0 Å². The fourth-order valence-corrected chi connectivity index (χ4v) is 3.07. The first-order chi connectivity index (χ1) is 15.1. The van der Waals surface area contributed by atoms with Gasteiger partial charge >= 0.3 is 0 Å². The summed E-state index contributed by atoms with van der Waals surface area (Å²) in [7, 11) is 3.22. The van der Waals surface area contributed by atoms with Gasteiger partial charge in [0.05, 0.1) is 27.4 Å². The van der Waals surface area contributed by atoms with Gasteiger partial charge in [-0.25, -0.2) is 0 Å². The summed E-state index contributed by atoms with van der Waals surface area (Å²) < 4.78 is 22.4. The fourth-order valence-electron chi connectivity index (χ4n) is 3.07. The molecule has 0 bridgehead atoms. The molecule has 2 aromatic rings. The molecule has 1 N–H and O–H groups in total. The molecule has 6 nitrogen and oxygen atoms in total. The molecule has 0 aromatic heterocycles.